The Bertz CT molecular complexity index is 444. The summed E-state index contributed by atoms with van der Waals surface area (Å²) in [6, 6.07) is 7.98. The van der Waals surface area contributed by atoms with Gasteiger partial charge in [-0.15, -0.1) is 0 Å². The van der Waals surface area contributed by atoms with Gasteiger partial charge in [-0.1, -0.05) is 22.0 Å². The number of ether oxygens (including phenoxy) is 1. The third kappa shape index (κ3) is 4.83. The SMILES string of the molecule is COCCN(CCC#N)c1ccc([C@H](C)O)c(Br)c1. The highest BCUT2D eigenvalue weighted by molar-refractivity contribution is 9.10. The summed E-state index contributed by atoms with van der Waals surface area (Å²) >= 11 is 3.47. The molecule has 104 valence electrons. The van der Waals surface area contributed by atoms with Gasteiger partial charge in [-0.05, 0) is 24.6 Å². The number of benzene rings is 1. The monoisotopic (exact) mass is 326 g/mol. The predicted molar refractivity (Wildman–Crippen MR) is 79.1 cm³/mol. The third-order valence-corrected chi connectivity index (χ3v) is 3.54. The van der Waals surface area contributed by atoms with Crippen LogP contribution in [-0.2, 0) is 4.74 Å². The van der Waals surface area contributed by atoms with Gasteiger partial charge in [0, 0.05) is 30.4 Å². The first kappa shape index (κ1) is 16.0. The van der Waals surface area contributed by atoms with E-state index in [4.69, 9.17) is 10.00 Å². The van der Waals surface area contributed by atoms with Gasteiger partial charge >= 0.3 is 0 Å². The average Bonchev–Trinajstić information content (AvgIpc) is 2.38. The number of rotatable bonds is 7. The molecule has 19 heavy (non-hydrogen) atoms. The maximum absolute atomic E-state index is 9.61. The molecule has 0 aromatic heterocycles. The van der Waals surface area contributed by atoms with E-state index in [1.807, 2.05) is 18.2 Å². The Hall–Kier alpha value is -1.09. The van der Waals surface area contributed by atoms with Crippen LogP contribution >= 0.6 is 15.9 Å². The van der Waals surface area contributed by atoms with Gasteiger partial charge < -0.3 is 14.7 Å². The van der Waals surface area contributed by atoms with Gasteiger partial charge in [0.2, 0.25) is 0 Å². The quantitative estimate of drug-likeness (QED) is 0.837. The molecule has 0 amide bonds. The van der Waals surface area contributed by atoms with Crippen molar-refractivity contribution in [3.05, 3.63) is 28.2 Å². The van der Waals surface area contributed by atoms with Crippen molar-refractivity contribution in [3.8, 4) is 6.07 Å². The Morgan fingerprint density at radius 1 is 1.47 bits per heavy atom. The van der Waals surface area contributed by atoms with Crippen LogP contribution in [0.4, 0.5) is 5.69 Å². The first-order chi connectivity index (χ1) is 9.10. The van der Waals surface area contributed by atoms with Crippen LogP contribution in [0.2, 0.25) is 0 Å². The number of nitrogens with zero attached hydrogens (tertiary/aromatic N) is 2. The zero-order valence-corrected chi connectivity index (χ0v) is 12.9. The summed E-state index contributed by atoms with van der Waals surface area (Å²) in [7, 11) is 1.66. The van der Waals surface area contributed by atoms with E-state index in [0.29, 0.717) is 19.6 Å². The Labute approximate surface area is 122 Å². The number of aliphatic hydroxyl groups is 1. The van der Waals surface area contributed by atoms with Crippen LogP contribution in [0.5, 0.6) is 0 Å². The molecule has 0 radical (unpaired) electrons. The van der Waals surface area contributed by atoms with Crippen LogP contribution in [0.25, 0.3) is 0 Å². The molecule has 1 aromatic carbocycles. The molecule has 5 heteroatoms. The lowest BCUT2D eigenvalue weighted by Gasteiger charge is -2.24. The highest BCUT2D eigenvalue weighted by atomic mass is 79.9. The zero-order chi connectivity index (χ0) is 14.3. The van der Waals surface area contributed by atoms with Crippen LogP contribution < -0.4 is 4.90 Å². The minimum absolute atomic E-state index is 0.472. The van der Waals surface area contributed by atoms with E-state index in [2.05, 4.69) is 26.9 Å². The number of halogens is 1. The molecule has 0 saturated carbocycles. The van der Waals surface area contributed by atoms with Crippen molar-refractivity contribution in [1.82, 2.24) is 0 Å². The van der Waals surface area contributed by atoms with Gasteiger partial charge in [0.1, 0.15) is 0 Å². The van der Waals surface area contributed by atoms with Crippen molar-refractivity contribution in [2.75, 3.05) is 31.7 Å². The van der Waals surface area contributed by atoms with Gasteiger partial charge in [0.25, 0.3) is 0 Å². The Morgan fingerprint density at radius 3 is 2.74 bits per heavy atom. The summed E-state index contributed by atoms with van der Waals surface area (Å²) < 4.78 is 5.96. The molecule has 1 aromatic rings. The topological polar surface area (TPSA) is 56.5 Å². The lowest BCUT2D eigenvalue weighted by Crippen LogP contribution is -2.28. The molecule has 0 aliphatic heterocycles. The molecule has 0 heterocycles. The van der Waals surface area contributed by atoms with Crippen molar-refractivity contribution >= 4 is 21.6 Å². The van der Waals surface area contributed by atoms with Gasteiger partial charge in [-0.25, -0.2) is 0 Å². The van der Waals surface area contributed by atoms with Crippen LogP contribution in [0.15, 0.2) is 22.7 Å². The van der Waals surface area contributed by atoms with E-state index in [0.717, 1.165) is 22.3 Å². The number of methoxy groups -OCH3 is 1. The Kier molecular flexibility index (Phi) is 6.85. The Morgan fingerprint density at radius 2 is 2.21 bits per heavy atom. The summed E-state index contributed by atoms with van der Waals surface area (Å²) in [5, 5.41) is 18.3. The molecule has 0 aliphatic carbocycles. The van der Waals surface area contributed by atoms with Gasteiger partial charge in [0.05, 0.1) is 25.2 Å². The minimum Gasteiger partial charge on any atom is -0.389 e. The first-order valence-electron chi connectivity index (χ1n) is 6.18. The van der Waals surface area contributed by atoms with Crippen molar-refractivity contribution in [1.29, 1.82) is 5.26 Å². The molecule has 0 bridgehead atoms. The highest BCUT2D eigenvalue weighted by Crippen LogP contribution is 2.28. The molecule has 4 nitrogen and oxygen atoms in total. The molecule has 0 fully saturated rings. The van der Waals surface area contributed by atoms with Crippen LogP contribution in [0.1, 0.15) is 25.0 Å². The maximum Gasteiger partial charge on any atom is 0.0772 e. The molecular formula is C14H19BrN2O2. The fourth-order valence-corrected chi connectivity index (χ4v) is 2.51. The van der Waals surface area contributed by atoms with E-state index >= 15 is 0 Å². The molecule has 1 rings (SSSR count). The summed E-state index contributed by atoms with van der Waals surface area (Å²) in [5.41, 5.74) is 1.87. The van der Waals surface area contributed by atoms with Gasteiger partial charge in [0.15, 0.2) is 0 Å². The van der Waals surface area contributed by atoms with Crippen LogP contribution in [-0.4, -0.2) is 31.9 Å². The van der Waals surface area contributed by atoms with Crippen LogP contribution in [0, 0.1) is 11.3 Å². The molecule has 0 unspecified atom stereocenters. The predicted octanol–water partition coefficient (Wildman–Crippen LogP) is 2.87. The molecular weight excluding hydrogens is 308 g/mol. The van der Waals surface area contributed by atoms with E-state index in [-0.39, 0.29) is 0 Å². The van der Waals surface area contributed by atoms with E-state index in [1.165, 1.54) is 0 Å². The normalized spacial score (nSPS) is 11.9. The smallest absolute Gasteiger partial charge is 0.0772 e. The second kappa shape index (κ2) is 8.16. The summed E-state index contributed by atoms with van der Waals surface area (Å²) in [6.45, 7) is 3.75. The number of aliphatic hydroxyl groups excluding tert-OH is 1. The summed E-state index contributed by atoms with van der Waals surface area (Å²) in [5.74, 6) is 0. The maximum atomic E-state index is 9.61. The number of hydrogen-bond acceptors (Lipinski definition) is 4. The zero-order valence-electron chi connectivity index (χ0n) is 11.3. The summed E-state index contributed by atoms with van der Waals surface area (Å²) in [4.78, 5) is 2.10. The second-order valence-electron chi connectivity index (χ2n) is 4.27. The van der Waals surface area contributed by atoms with Crippen molar-refractivity contribution in [2.45, 2.75) is 19.4 Å². The standard InChI is InChI=1S/C14H19BrN2O2/c1-11(18)13-5-4-12(10-14(13)15)17(7-3-6-16)8-9-19-2/h4-5,10-11,18H,3,7-9H2,1-2H3/t11-/m0/s1. The molecule has 1 atom stereocenters. The van der Waals surface area contributed by atoms with Crippen LogP contribution in [0.3, 0.4) is 0 Å². The third-order valence-electron chi connectivity index (χ3n) is 2.86. The van der Waals surface area contributed by atoms with Crippen molar-refractivity contribution < 1.29 is 9.84 Å². The van der Waals surface area contributed by atoms with E-state index in [9.17, 15) is 5.11 Å². The summed E-state index contributed by atoms with van der Waals surface area (Å²) in [6.07, 6.45) is -0.0330. The largest absolute Gasteiger partial charge is 0.389 e. The first-order valence-corrected chi connectivity index (χ1v) is 6.97. The molecule has 1 N–H and O–H groups in total. The molecule has 0 aliphatic rings. The van der Waals surface area contributed by atoms with E-state index in [1.54, 1.807) is 14.0 Å². The molecule has 0 spiro atoms. The number of anilines is 1. The van der Waals surface area contributed by atoms with Crippen molar-refractivity contribution in [2.24, 2.45) is 0 Å². The van der Waals surface area contributed by atoms with Gasteiger partial charge in [-0.3, -0.25) is 0 Å². The van der Waals surface area contributed by atoms with E-state index < -0.39 is 6.10 Å². The fourth-order valence-electron chi connectivity index (χ4n) is 1.81. The Balaban J connectivity index is 2.89. The minimum atomic E-state index is -0.505. The van der Waals surface area contributed by atoms with Gasteiger partial charge in [-0.2, -0.15) is 5.26 Å². The average molecular weight is 327 g/mol. The lowest BCUT2D eigenvalue weighted by molar-refractivity contribution is 0.198. The molecule has 0 saturated heterocycles. The number of hydrogen-bond donors (Lipinski definition) is 1. The second-order valence-corrected chi connectivity index (χ2v) is 5.12. The highest BCUT2D eigenvalue weighted by Gasteiger charge is 2.11. The number of nitriles is 1. The lowest BCUT2D eigenvalue weighted by atomic mass is 10.1. The van der Waals surface area contributed by atoms with Crippen molar-refractivity contribution in [3.63, 3.8) is 0 Å². The fraction of sp³-hybridized carbons (Fsp3) is 0.500.